The molecule has 0 radical (unpaired) electrons. The van der Waals surface area contributed by atoms with Gasteiger partial charge in [-0.25, -0.2) is 0 Å². The molecule has 78 valence electrons. The lowest BCUT2D eigenvalue weighted by Gasteiger charge is -2.06. The van der Waals surface area contributed by atoms with E-state index in [0.29, 0.717) is 6.54 Å². The van der Waals surface area contributed by atoms with Crippen molar-refractivity contribution in [3.63, 3.8) is 0 Å². The van der Waals surface area contributed by atoms with Crippen molar-refractivity contribution in [3.05, 3.63) is 42.1 Å². The molecule has 0 unspecified atom stereocenters. The summed E-state index contributed by atoms with van der Waals surface area (Å²) >= 11 is 0. The fraction of sp³-hybridized carbons (Fsp3) is 0.250. The maximum absolute atomic E-state index is 8.68. The fourth-order valence-corrected chi connectivity index (χ4v) is 1.62. The number of hydrogen-bond donors (Lipinski definition) is 2. The minimum absolute atomic E-state index is 0.170. The van der Waals surface area contributed by atoms with E-state index in [1.807, 2.05) is 18.2 Å². The summed E-state index contributed by atoms with van der Waals surface area (Å²) < 4.78 is 0. The average Bonchev–Trinajstić information content (AvgIpc) is 2.30. The largest absolute Gasteiger partial charge is 0.395 e. The highest BCUT2D eigenvalue weighted by Gasteiger charge is 1.99. The minimum Gasteiger partial charge on any atom is -0.395 e. The van der Waals surface area contributed by atoms with Gasteiger partial charge in [-0.2, -0.15) is 0 Å². The van der Waals surface area contributed by atoms with Crippen molar-refractivity contribution >= 4 is 10.9 Å². The maximum Gasteiger partial charge on any atom is 0.0705 e. The van der Waals surface area contributed by atoms with Crippen LogP contribution in [0.1, 0.15) is 5.56 Å². The van der Waals surface area contributed by atoms with Gasteiger partial charge >= 0.3 is 0 Å². The molecule has 0 spiro atoms. The molecule has 0 atom stereocenters. The van der Waals surface area contributed by atoms with Gasteiger partial charge < -0.3 is 10.4 Å². The number of aliphatic hydroxyl groups is 1. The van der Waals surface area contributed by atoms with Crippen LogP contribution in [0.2, 0.25) is 0 Å². The second-order valence-corrected chi connectivity index (χ2v) is 3.39. The van der Waals surface area contributed by atoms with Crippen LogP contribution in [-0.4, -0.2) is 23.2 Å². The van der Waals surface area contributed by atoms with Crippen LogP contribution in [0.5, 0.6) is 0 Å². The Labute approximate surface area is 88.8 Å². The molecule has 0 amide bonds. The molecule has 2 aromatic rings. The van der Waals surface area contributed by atoms with Gasteiger partial charge in [0.1, 0.15) is 0 Å². The number of pyridine rings is 1. The summed E-state index contributed by atoms with van der Waals surface area (Å²) in [6, 6.07) is 10.1. The van der Waals surface area contributed by atoms with E-state index in [4.69, 9.17) is 5.11 Å². The Morgan fingerprint density at radius 3 is 3.00 bits per heavy atom. The Kier molecular flexibility index (Phi) is 3.27. The highest BCUT2D eigenvalue weighted by atomic mass is 16.3. The number of nitrogens with zero attached hydrogens (tertiary/aromatic N) is 1. The van der Waals surface area contributed by atoms with Crippen molar-refractivity contribution in [1.29, 1.82) is 0 Å². The van der Waals surface area contributed by atoms with Crippen LogP contribution in [0.4, 0.5) is 0 Å². The molecular formula is C12H14N2O. The zero-order valence-electron chi connectivity index (χ0n) is 8.48. The first-order chi connectivity index (χ1) is 7.42. The van der Waals surface area contributed by atoms with Crippen molar-refractivity contribution in [2.75, 3.05) is 13.2 Å². The third kappa shape index (κ3) is 2.32. The second-order valence-electron chi connectivity index (χ2n) is 3.39. The molecule has 0 saturated heterocycles. The number of rotatable bonds is 4. The first-order valence-corrected chi connectivity index (χ1v) is 5.06. The first kappa shape index (κ1) is 10.1. The van der Waals surface area contributed by atoms with Gasteiger partial charge in [0.05, 0.1) is 12.1 Å². The summed E-state index contributed by atoms with van der Waals surface area (Å²) in [7, 11) is 0. The van der Waals surface area contributed by atoms with E-state index in [1.165, 1.54) is 10.9 Å². The van der Waals surface area contributed by atoms with Crippen LogP contribution in [0.25, 0.3) is 10.9 Å². The van der Waals surface area contributed by atoms with Crippen molar-refractivity contribution in [2.24, 2.45) is 0 Å². The highest BCUT2D eigenvalue weighted by Crippen LogP contribution is 2.15. The molecule has 0 aliphatic rings. The summed E-state index contributed by atoms with van der Waals surface area (Å²) in [5.41, 5.74) is 2.23. The fourth-order valence-electron chi connectivity index (χ4n) is 1.62. The van der Waals surface area contributed by atoms with E-state index < -0.39 is 0 Å². The SMILES string of the molecule is OCCNCc1cccc2ncccc12. The van der Waals surface area contributed by atoms with Crippen molar-refractivity contribution in [3.8, 4) is 0 Å². The number of aromatic nitrogens is 1. The highest BCUT2D eigenvalue weighted by molar-refractivity contribution is 5.81. The standard InChI is InChI=1S/C12H14N2O/c15-8-7-13-9-10-3-1-5-12-11(10)4-2-6-14-12/h1-6,13,15H,7-9H2. The molecule has 1 aromatic heterocycles. The number of aliphatic hydroxyl groups excluding tert-OH is 1. The summed E-state index contributed by atoms with van der Waals surface area (Å²) in [5.74, 6) is 0. The molecule has 3 heteroatoms. The van der Waals surface area contributed by atoms with E-state index in [0.717, 1.165) is 12.1 Å². The Hall–Kier alpha value is -1.45. The van der Waals surface area contributed by atoms with Crippen LogP contribution in [-0.2, 0) is 6.54 Å². The van der Waals surface area contributed by atoms with Crippen LogP contribution in [0, 0.1) is 0 Å². The van der Waals surface area contributed by atoms with Crippen molar-refractivity contribution in [1.82, 2.24) is 10.3 Å². The van der Waals surface area contributed by atoms with Crippen molar-refractivity contribution < 1.29 is 5.11 Å². The van der Waals surface area contributed by atoms with Crippen molar-refractivity contribution in [2.45, 2.75) is 6.54 Å². The van der Waals surface area contributed by atoms with Gasteiger partial charge in [0.15, 0.2) is 0 Å². The Morgan fingerprint density at radius 2 is 2.13 bits per heavy atom. The summed E-state index contributed by atoms with van der Waals surface area (Å²) in [6.07, 6.45) is 1.80. The van der Waals surface area contributed by atoms with Gasteiger partial charge in [0.2, 0.25) is 0 Å². The molecule has 1 heterocycles. The molecule has 0 aliphatic heterocycles. The molecule has 15 heavy (non-hydrogen) atoms. The smallest absolute Gasteiger partial charge is 0.0705 e. The Balaban J connectivity index is 2.26. The monoisotopic (exact) mass is 202 g/mol. The molecule has 0 bridgehead atoms. The maximum atomic E-state index is 8.68. The Bertz CT molecular complexity index is 437. The molecule has 0 fully saturated rings. The number of nitrogens with one attached hydrogen (secondary N) is 1. The summed E-state index contributed by atoms with van der Waals surface area (Å²) in [4.78, 5) is 4.29. The Morgan fingerprint density at radius 1 is 1.20 bits per heavy atom. The molecule has 0 saturated carbocycles. The topological polar surface area (TPSA) is 45.1 Å². The molecule has 3 nitrogen and oxygen atoms in total. The van der Waals surface area contributed by atoms with Crippen LogP contribution >= 0.6 is 0 Å². The van der Waals surface area contributed by atoms with E-state index in [-0.39, 0.29) is 6.61 Å². The first-order valence-electron chi connectivity index (χ1n) is 5.06. The average molecular weight is 202 g/mol. The van der Waals surface area contributed by atoms with Gasteiger partial charge in [-0.15, -0.1) is 0 Å². The lowest BCUT2D eigenvalue weighted by atomic mass is 10.1. The van der Waals surface area contributed by atoms with Gasteiger partial charge in [-0.05, 0) is 17.7 Å². The minimum atomic E-state index is 0.170. The summed E-state index contributed by atoms with van der Waals surface area (Å²) in [6.45, 7) is 1.56. The molecular weight excluding hydrogens is 188 g/mol. The number of hydrogen-bond acceptors (Lipinski definition) is 3. The summed E-state index contributed by atoms with van der Waals surface area (Å²) in [5, 5.41) is 13.0. The predicted octanol–water partition coefficient (Wildman–Crippen LogP) is 1.32. The van der Waals surface area contributed by atoms with Gasteiger partial charge in [0, 0.05) is 24.7 Å². The zero-order valence-corrected chi connectivity index (χ0v) is 8.48. The van der Waals surface area contributed by atoms with E-state index >= 15 is 0 Å². The molecule has 1 aromatic carbocycles. The van der Waals surface area contributed by atoms with Crippen LogP contribution in [0.3, 0.4) is 0 Å². The van der Waals surface area contributed by atoms with Gasteiger partial charge in [-0.1, -0.05) is 18.2 Å². The van der Waals surface area contributed by atoms with E-state index in [9.17, 15) is 0 Å². The molecule has 2 N–H and O–H groups in total. The third-order valence-corrected chi connectivity index (χ3v) is 2.34. The van der Waals surface area contributed by atoms with Crippen LogP contribution in [0.15, 0.2) is 36.5 Å². The van der Waals surface area contributed by atoms with Gasteiger partial charge in [0.25, 0.3) is 0 Å². The molecule has 0 aliphatic carbocycles. The lowest BCUT2D eigenvalue weighted by molar-refractivity contribution is 0.292. The van der Waals surface area contributed by atoms with Gasteiger partial charge in [-0.3, -0.25) is 4.98 Å². The second kappa shape index (κ2) is 4.87. The predicted molar refractivity (Wildman–Crippen MR) is 60.5 cm³/mol. The van der Waals surface area contributed by atoms with E-state index in [1.54, 1.807) is 6.20 Å². The number of benzene rings is 1. The van der Waals surface area contributed by atoms with Crippen LogP contribution < -0.4 is 5.32 Å². The third-order valence-electron chi connectivity index (χ3n) is 2.34. The zero-order chi connectivity index (χ0) is 10.5. The number of fused-ring (bicyclic) bond motifs is 1. The molecule has 2 rings (SSSR count). The quantitative estimate of drug-likeness (QED) is 0.735. The normalized spacial score (nSPS) is 10.7. The van der Waals surface area contributed by atoms with E-state index in [2.05, 4.69) is 22.4 Å². The lowest BCUT2D eigenvalue weighted by Crippen LogP contribution is -2.17.